The monoisotopic (exact) mass is 356 g/mol. The number of aromatic nitrogens is 2. The van der Waals surface area contributed by atoms with Gasteiger partial charge in [-0.25, -0.2) is 9.78 Å². The molecule has 0 fully saturated rings. The Morgan fingerprint density at radius 3 is 2.78 bits per heavy atom. The van der Waals surface area contributed by atoms with Crippen LogP contribution in [0.3, 0.4) is 0 Å². The predicted molar refractivity (Wildman–Crippen MR) is 76.4 cm³/mol. The molecule has 1 aromatic heterocycles. The van der Waals surface area contributed by atoms with E-state index in [1.165, 1.54) is 5.56 Å². The maximum atomic E-state index is 11.6. The van der Waals surface area contributed by atoms with E-state index in [9.17, 15) is 4.79 Å². The zero-order valence-electron chi connectivity index (χ0n) is 9.97. The Bertz CT molecular complexity index is 537. The summed E-state index contributed by atoms with van der Waals surface area (Å²) in [6.45, 7) is 2.84. The zero-order chi connectivity index (χ0) is 13.0. The molecule has 0 amide bonds. The average molecular weight is 356 g/mol. The number of halogens is 1. The van der Waals surface area contributed by atoms with Gasteiger partial charge in [0.05, 0.1) is 12.9 Å². The summed E-state index contributed by atoms with van der Waals surface area (Å²) >= 11 is 2.12. The summed E-state index contributed by atoms with van der Waals surface area (Å²) in [6.07, 6.45) is 1.67. The molecule has 0 saturated heterocycles. The van der Waals surface area contributed by atoms with E-state index in [4.69, 9.17) is 4.74 Å². The molecule has 4 nitrogen and oxygen atoms in total. The number of hydrogen-bond acceptors (Lipinski definition) is 3. The number of hydrogen-bond donors (Lipinski definition) is 0. The number of carbonyl (C=O) groups excluding carboxylic acids is 1. The van der Waals surface area contributed by atoms with Gasteiger partial charge in [0.25, 0.3) is 0 Å². The predicted octanol–water partition coefficient (Wildman–Crippen LogP) is 2.71. The first-order valence-electron chi connectivity index (χ1n) is 5.64. The third-order valence-electron chi connectivity index (χ3n) is 2.44. The van der Waals surface area contributed by atoms with Crippen LogP contribution < -0.4 is 0 Å². The van der Waals surface area contributed by atoms with Gasteiger partial charge in [0, 0.05) is 6.54 Å². The average Bonchev–Trinajstić information content (AvgIpc) is 2.73. The standard InChI is InChI=1S/C13H13IN2O2/c1-2-18-13(17)11-12(14)16(9-15-11)8-10-6-4-3-5-7-10/h3-7,9H,2,8H2,1H3. The van der Waals surface area contributed by atoms with Crippen molar-refractivity contribution < 1.29 is 9.53 Å². The molecule has 0 atom stereocenters. The fourth-order valence-corrected chi connectivity index (χ4v) is 2.25. The van der Waals surface area contributed by atoms with Gasteiger partial charge in [-0.15, -0.1) is 0 Å². The number of benzene rings is 1. The Morgan fingerprint density at radius 2 is 2.11 bits per heavy atom. The van der Waals surface area contributed by atoms with Gasteiger partial charge in [-0.2, -0.15) is 0 Å². The molecule has 2 aromatic rings. The number of ether oxygens (including phenoxy) is 1. The largest absolute Gasteiger partial charge is 0.461 e. The summed E-state index contributed by atoms with van der Waals surface area (Å²) in [5.41, 5.74) is 1.55. The Balaban J connectivity index is 2.18. The normalized spacial score (nSPS) is 10.3. The van der Waals surface area contributed by atoms with E-state index >= 15 is 0 Å². The van der Waals surface area contributed by atoms with Gasteiger partial charge in [0.15, 0.2) is 5.69 Å². The highest BCUT2D eigenvalue weighted by atomic mass is 127. The topological polar surface area (TPSA) is 44.1 Å². The van der Waals surface area contributed by atoms with E-state index in [0.29, 0.717) is 18.8 Å². The second-order valence-corrected chi connectivity index (χ2v) is 4.74. The fourth-order valence-electron chi connectivity index (χ4n) is 1.59. The third kappa shape index (κ3) is 2.90. The third-order valence-corrected chi connectivity index (χ3v) is 3.57. The van der Waals surface area contributed by atoms with Gasteiger partial charge < -0.3 is 9.30 Å². The van der Waals surface area contributed by atoms with Gasteiger partial charge in [-0.05, 0) is 35.1 Å². The first kappa shape index (κ1) is 13.1. The van der Waals surface area contributed by atoms with Gasteiger partial charge in [-0.1, -0.05) is 30.3 Å². The van der Waals surface area contributed by atoms with Crippen molar-refractivity contribution in [2.24, 2.45) is 0 Å². The molecule has 0 N–H and O–H groups in total. The molecule has 0 aliphatic rings. The number of nitrogens with zero attached hydrogens (tertiary/aromatic N) is 2. The molecule has 0 aliphatic carbocycles. The molecule has 0 spiro atoms. The van der Waals surface area contributed by atoms with Crippen LogP contribution in [0.5, 0.6) is 0 Å². The van der Waals surface area contributed by atoms with Crippen LogP contribution in [0.1, 0.15) is 23.0 Å². The molecule has 0 saturated carbocycles. The molecule has 18 heavy (non-hydrogen) atoms. The van der Waals surface area contributed by atoms with Crippen LogP contribution in [0.2, 0.25) is 0 Å². The van der Waals surface area contributed by atoms with Crippen LogP contribution in [0.4, 0.5) is 0 Å². The van der Waals surface area contributed by atoms with Gasteiger partial charge in [0.1, 0.15) is 3.70 Å². The van der Waals surface area contributed by atoms with Crippen molar-refractivity contribution >= 4 is 28.6 Å². The Hall–Kier alpha value is -1.37. The van der Waals surface area contributed by atoms with E-state index in [2.05, 4.69) is 27.6 Å². The van der Waals surface area contributed by atoms with Crippen LogP contribution in [0, 0.1) is 3.70 Å². The quantitative estimate of drug-likeness (QED) is 0.625. The first-order valence-corrected chi connectivity index (χ1v) is 6.72. The SMILES string of the molecule is CCOC(=O)c1ncn(Cc2ccccc2)c1I. The highest BCUT2D eigenvalue weighted by molar-refractivity contribution is 14.1. The summed E-state index contributed by atoms with van der Waals surface area (Å²) in [5, 5.41) is 0. The molecule has 94 valence electrons. The van der Waals surface area contributed by atoms with Crippen LogP contribution in [-0.2, 0) is 11.3 Å². The van der Waals surface area contributed by atoms with Crippen molar-refractivity contribution in [1.29, 1.82) is 0 Å². The summed E-state index contributed by atoms with van der Waals surface area (Å²) in [5.74, 6) is -0.367. The summed E-state index contributed by atoms with van der Waals surface area (Å²) in [4.78, 5) is 15.7. The summed E-state index contributed by atoms with van der Waals surface area (Å²) in [6, 6.07) is 10.0. The maximum Gasteiger partial charge on any atom is 0.359 e. The molecule has 0 unspecified atom stereocenters. The second-order valence-electron chi connectivity index (χ2n) is 3.72. The van der Waals surface area contributed by atoms with E-state index in [1.54, 1.807) is 13.3 Å². The Morgan fingerprint density at radius 1 is 1.39 bits per heavy atom. The lowest BCUT2D eigenvalue weighted by Crippen LogP contribution is -2.08. The zero-order valence-corrected chi connectivity index (χ0v) is 12.1. The van der Waals surface area contributed by atoms with Crippen molar-refractivity contribution in [2.75, 3.05) is 6.61 Å². The summed E-state index contributed by atoms with van der Waals surface area (Å²) in [7, 11) is 0. The number of carbonyl (C=O) groups is 1. The molecule has 5 heteroatoms. The number of rotatable bonds is 4. The minimum atomic E-state index is -0.367. The molecule has 2 rings (SSSR count). The van der Waals surface area contributed by atoms with Crippen molar-refractivity contribution in [1.82, 2.24) is 9.55 Å². The molecule has 1 heterocycles. The van der Waals surface area contributed by atoms with Crippen molar-refractivity contribution in [3.05, 3.63) is 51.6 Å². The van der Waals surface area contributed by atoms with E-state index in [0.717, 1.165) is 3.70 Å². The minimum Gasteiger partial charge on any atom is -0.461 e. The van der Waals surface area contributed by atoms with Crippen LogP contribution in [0.25, 0.3) is 0 Å². The minimum absolute atomic E-state index is 0.362. The van der Waals surface area contributed by atoms with Gasteiger partial charge in [-0.3, -0.25) is 0 Å². The van der Waals surface area contributed by atoms with Crippen LogP contribution in [0.15, 0.2) is 36.7 Å². The molecular weight excluding hydrogens is 343 g/mol. The van der Waals surface area contributed by atoms with Crippen molar-refractivity contribution in [2.45, 2.75) is 13.5 Å². The highest BCUT2D eigenvalue weighted by Crippen LogP contribution is 2.14. The Kier molecular flexibility index (Phi) is 4.35. The lowest BCUT2D eigenvalue weighted by molar-refractivity contribution is 0.0518. The molecule has 0 bridgehead atoms. The van der Waals surface area contributed by atoms with Crippen molar-refractivity contribution in [3.63, 3.8) is 0 Å². The fraction of sp³-hybridized carbons (Fsp3) is 0.231. The highest BCUT2D eigenvalue weighted by Gasteiger charge is 2.16. The maximum absolute atomic E-state index is 11.6. The first-order chi connectivity index (χ1) is 8.72. The van der Waals surface area contributed by atoms with Crippen LogP contribution >= 0.6 is 22.6 Å². The number of esters is 1. The lowest BCUT2D eigenvalue weighted by Gasteiger charge is -2.04. The lowest BCUT2D eigenvalue weighted by atomic mass is 10.2. The summed E-state index contributed by atoms with van der Waals surface area (Å²) < 4.78 is 7.69. The van der Waals surface area contributed by atoms with Crippen LogP contribution in [-0.4, -0.2) is 22.1 Å². The second kappa shape index (κ2) is 5.99. The molecular formula is C13H13IN2O2. The van der Waals surface area contributed by atoms with Crippen molar-refractivity contribution in [3.8, 4) is 0 Å². The van der Waals surface area contributed by atoms with E-state index in [1.807, 2.05) is 34.9 Å². The van der Waals surface area contributed by atoms with Gasteiger partial charge >= 0.3 is 5.97 Å². The Labute approximate surface area is 119 Å². The smallest absolute Gasteiger partial charge is 0.359 e. The number of imidazole rings is 1. The molecule has 0 aliphatic heterocycles. The molecule has 0 radical (unpaired) electrons. The molecule has 1 aromatic carbocycles. The van der Waals surface area contributed by atoms with E-state index < -0.39 is 0 Å². The van der Waals surface area contributed by atoms with Gasteiger partial charge in [0.2, 0.25) is 0 Å². The van der Waals surface area contributed by atoms with E-state index in [-0.39, 0.29) is 5.97 Å².